The number of hydrogen-bond donors (Lipinski definition) is 0. The molecule has 1 heterocycles. The van der Waals surface area contributed by atoms with Crippen LogP contribution in [0.3, 0.4) is 0 Å². The van der Waals surface area contributed by atoms with E-state index in [1.165, 1.54) is 23.9 Å². The summed E-state index contributed by atoms with van der Waals surface area (Å²) in [6.45, 7) is 7.55. The zero-order valence-corrected chi connectivity index (χ0v) is 15.8. The minimum Gasteiger partial charge on any atom is -0.444 e. The van der Waals surface area contributed by atoms with Gasteiger partial charge < -0.3 is 14.5 Å². The summed E-state index contributed by atoms with van der Waals surface area (Å²) in [4.78, 5) is 28.7. The van der Waals surface area contributed by atoms with Gasteiger partial charge in [0.1, 0.15) is 11.4 Å². The van der Waals surface area contributed by atoms with Crippen LogP contribution in [0.2, 0.25) is 0 Å². The van der Waals surface area contributed by atoms with Crippen molar-refractivity contribution in [1.29, 1.82) is 0 Å². The highest BCUT2D eigenvalue weighted by molar-refractivity contribution is 7.99. The second-order valence-corrected chi connectivity index (χ2v) is 8.07. The van der Waals surface area contributed by atoms with Crippen LogP contribution in [-0.4, -0.2) is 59.3 Å². The maximum atomic E-state index is 12.9. The Bertz CT molecular complexity index is 593. The van der Waals surface area contributed by atoms with Crippen LogP contribution in [0.15, 0.2) is 29.2 Å². The van der Waals surface area contributed by atoms with Crippen LogP contribution in [0.1, 0.15) is 27.2 Å². The Hall–Kier alpha value is -1.76. The molecule has 0 aromatic heterocycles. The first kappa shape index (κ1) is 19.6. The van der Waals surface area contributed by atoms with Crippen molar-refractivity contribution in [2.75, 3.05) is 31.9 Å². The molecule has 1 aliphatic heterocycles. The summed E-state index contributed by atoms with van der Waals surface area (Å²) in [7, 11) is 0. The zero-order chi connectivity index (χ0) is 18.4. The SMILES string of the molecule is CC(C)(C)OC(=O)N1CCN(C(=O)CCSc2ccc(F)cc2)CC1. The van der Waals surface area contributed by atoms with Crippen molar-refractivity contribution in [3.05, 3.63) is 30.1 Å². The fourth-order valence-corrected chi connectivity index (χ4v) is 3.25. The predicted molar refractivity (Wildman–Crippen MR) is 96.1 cm³/mol. The molecule has 0 N–H and O–H groups in total. The number of rotatable bonds is 4. The number of carbonyl (C=O) groups is 2. The minimum absolute atomic E-state index is 0.0819. The van der Waals surface area contributed by atoms with Gasteiger partial charge in [-0.15, -0.1) is 11.8 Å². The van der Waals surface area contributed by atoms with Gasteiger partial charge in [-0.1, -0.05) is 0 Å². The molecule has 2 rings (SSSR count). The fraction of sp³-hybridized carbons (Fsp3) is 0.556. The molecule has 0 saturated carbocycles. The van der Waals surface area contributed by atoms with E-state index >= 15 is 0 Å². The van der Waals surface area contributed by atoms with Gasteiger partial charge in [0.05, 0.1) is 0 Å². The Kier molecular flexibility index (Phi) is 6.70. The molecular weight excluding hydrogens is 343 g/mol. The van der Waals surface area contributed by atoms with Gasteiger partial charge in [0.25, 0.3) is 0 Å². The Morgan fingerprint density at radius 2 is 1.64 bits per heavy atom. The Balaban J connectivity index is 1.70. The predicted octanol–water partition coefficient (Wildman–Crippen LogP) is 3.39. The first-order valence-electron chi connectivity index (χ1n) is 8.39. The van der Waals surface area contributed by atoms with Crippen LogP contribution in [0.5, 0.6) is 0 Å². The topological polar surface area (TPSA) is 49.9 Å². The number of amides is 2. The number of nitrogens with zero attached hydrogens (tertiary/aromatic N) is 2. The number of benzene rings is 1. The van der Waals surface area contributed by atoms with E-state index in [9.17, 15) is 14.0 Å². The van der Waals surface area contributed by atoms with Gasteiger partial charge >= 0.3 is 6.09 Å². The highest BCUT2D eigenvalue weighted by atomic mass is 32.2. The molecule has 138 valence electrons. The van der Waals surface area contributed by atoms with Crippen molar-refractivity contribution >= 4 is 23.8 Å². The second-order valence-electron chi connectivity index (χ2n) is 6.90. The van der Waals surface area contributed by atoms with Gasteiger partial charge in [0.15, 0.2) is 0 Å². The monoisotopic (exact) mass is 368 g/mol. The lowest BCUT2D eigenvalue weighted by Gasteiger charge is -2.35. The quantitative estimate of drug-likeness (QED) is 0.765. The molecule has 1 fully saturated rings. The average Bonchev–Trinajstić information content (AvgIpc) is 2.55. The van der Waals surface area contributed by atoms with E-state index in [1.807, 2.05) is 20.8 Å². The lowest BCUT2D eigenvalue weighted by atomic mass is 10.2. The molecule has 0 unspecified atom stereocenters. The lowest BCUT2D eigenvalue weighted by molar-refractivity contribution is -0.132. The molecule has 0 atom stereocenters. The lowest BCUT2D eigenvalue weighted by Crippen LogP contribution is -2.51. The third-order valence-electron chi connectivity index (χ3n) is 3.68. The van der Waals surface area contributed by atoms with Gasteiger partial charge in [0.2, 0.25) is 5.91 Å². The number of halogens is 1. The minimum atomic E-state index is -0.512. The smallest absolute Gasteiger partial charge is 0.410 e. The van der Waals surface area contributed by atoms with Crippen LogP contribution in [0.4, 0.5) is 9.18 Å². The molecule has 1 aromatic rings. The molecule has 5 nitrogen and oxygen atoms in total. The first-order chi connectivity index (χ1) is 11.7. The Morgan fingerprint density at radius 3 is 2.20 bits per heavy atom. The molecule has 0 bridgehead atoms. The van der Waals surface area contributed by atoms with Gasteiger partial charge in [-0.2, -0.15) is 0 Å². The second kappa shape index (κ2) is 8.56. The number of piperazine rings is 1. The molecule has 25 heavy (non-hydrogen) atoms. The molecule has 0 spiro atoms. The molecule has 0 aliphatic carbocycles. The summed E-state index contributed by atoms with van der Waals surface area (Å²) >= 11 is 1.53. The molecule has 1 aromatic carbocycles. The summed E-state index contributed by atoms with van der Waals surface area (Å²) in [5.41, 5.74) is -0.512. The molecule has 1 saturated heterocycles. The van der Waals surface area contributed by atoms with Gasteiger partial charge in [-0.3, -0.25) is 4.79 Å². The van der Waals surface area contributed by atoms with E-state index in [-0.39, 0.29) is 17.8 Å². The third-order valence-corrected chi connectivity index (χ3v) is 4.70. The number of hydrogen-bond acceptors (Lipinski definition) is 4. The van der Waals surface area contributed by atoms with Crippen molar-refractivity contribution < 1.29 is 18.7 Å². The Morgan fingerprint density at radius 1 is 1.08 bits per heavy atom. The molecular formula is C18H25FN2O3S. The van der Waals surface area contributed by atoms with Gasteiger partial charge in [-0.05, 0) is 45.0 Å². The summed E-state index contributed by atoms with van der Waals surface area (Å²) < 4.78 is 18.2. The average molecular weight is 368 g/mol. The van der Waals surface area contributed by atoms with Crippen LogP contribution in [0.25, 0.3) is 0 Å². The number of thioether (sulfide) groups is 1. The highest BCUT2D eigenvalue weighted by Crippen LogP contribution is 2.19. The van der Waals surface area contributed by atoms with E-state index in [0.29, 0.717) is 38.4 Å². The van der Waals surface area contributed by atoms with Crippen LogP contribution in [-0.2, 0) is 9.53 Å². The van der Waals surface area contributed by atoms with Crippen molar-refractivity contribution in [2.45, 2.75) is 37.7 Å². The van der Waals surface area contributed by atoms with Gasteiger partial charge in [-0.25, -0.2) is 9.18 Å². The van der Waals surface area contributed by atoms with E-state index < -0.39 is 5.60 Å². The molecule has 7 heteroatoms. The number of carbonyl (C=O) groups excluding carboxylic acids is 2. The van der Waals surface area contributed by atoms with Crippen molar-refractivity contribution in [3.63, 3.8) is 0 Å². The summed E-state index contributed by atoms with van der Waals surface area (Å²) in [6, 6.07) is 6.26. The van der Waals surface area contributed by atoms with E-state index in [2.05, 4.69) is 0 Å². The van der Waals surface area contributed by atoms with E-state index in [0.717, 1.165) is 4.90 Å². The van der Waals surface area contributed by atoms with Crippen molar-refractivity contribution in [2.24, 2.45) is 0 Å². The van der Waals surface area contributed by atoms with Crippen molar-refractivity contribution in [1.82, 2.24) is 9.80 Å². The summed E-state index contributed by atoms with van der Waals surface area (Å²) in [5, 5.41) is 0. The normalized spacial score (nSPS) is 15.2. The van der Waals surface area contributed by atoms with Crippen LogP contribution in [0, 0.1) is 5.82 Å². The third kappa shape index (κ3) is 6.57. The van der Waals surface area contributed by atoms with Crippen LogP contribution >= 0.6 is 11.8 Å². The van der Waals surface area contributed by atoms with Gasteiger partial charge in [0, 0.05) is 43.2 Å². The highest BCUT2D eigenvalue weighted by Gasteiger charge is 2.27. The van der Waals surface area contributed by atoms with E-state index in [1.54, 1.807) is 21.9 Å². The fourth-order valence-electron chi connectivity index (χ4n) is 2.41. The van der Waals surface area contributed by atoms with Crippen LogP contribution < -0.4 is 0 Å². The molecule has 0 radical (unpaired) electrons. The zero-order valence-electron chi connectivity index (χ0n) is 15.0. The Labute approximate surface area is 152 Å². The summed E-state index contributed by atoms with van der Waals surface area (Å²) in [5.74, 6) is 0.471. The largest absolute Gasteiger partial charge is 0.444 e. The van der Waals surface area contributed by atoms with Crippen molar-refractivity contribution in [3.8, 4) is 0 Å². The standard InChI is InChI=1S/C18H25FN2O3S/c1-18(2,3)24-17(23)21-11-9-20(10-12-21)16(22)8-13-25-15-6-4-14(19)5-7-15/h4-7H,8-13H2,1-3H3. The first-order valence-corrected chi connectivity index (χ1v) is 9.37. The number of ether oxygens (including phenoxy) is 1. The summed E-state index contributed by atoms with van der Waals surface area (Å²) in [6.07, 6.45) is 0.0977. The molecule has 2 amide bonds. The maximum absolute atomic E-state index is 12.9. The maximum Gasteiger partial charge on any atom is 0.410 e. The van der Waals surface area contributed by atoms with E-state index in [4.69, 9.17) is 4.74 Å². The molecule has 1 aliphatic rings.